The molecule has 0 bridgehead atoms. The lowest BCUT2D eigenvalue weighted by atomic mass is 9.84. The molecule has 0 fully saturated rings. The molecule has 3 heterocycles. The molecule has 2 aliphatic rings. The van der Waals surface area contributed by atoms with Gasteiger partial charge in [-0.2, -0.15) is 0 Å². The maximum Gasteiger partial charge on any atom is 0.199 e. The van der Waals surface area contributed by atoms with Crippen LogP contribution < -0.4 is 14.9 Å². The summed E-state index contributed by atoms with van der Waals surface area (Å²) in [6, 6.07) is 0. The average molecular weight is 446 g/mol. The molecular formula is C24H30O8. The van der Waals surface area contributed by atoms with Gasteiger partial charge in [-0.25, -0.2) is 0 Å². The highest BCUT2D eigenvalue weighted by molar-refractivity contribution is 5.96. The summed E-state index contributed by atoms with van der Waals surface area (Å²) in [6.07, 6.45) is 0.821. The second-order valence-corrected chi connectivity index (χ2v) is 9.76. The van der Waals surface area contributed by atoms with Gasteiger partial charge in [-0.15, -0.1) is 0 Å². The molecular weight excluding hydrogens is 416 g/mol. The Morgan fingerprint density at radius 3 is 2.44 bits per heavy atom. The van der Waals surface area contributed by atoms with E-state index in [1.54, 1.807) is 19.9 Å². The summed E-state index contributed by atoms with van der Waals surface area (Å²) in [5.74, 6) is 0.432. The van der Waals surface area contributed by atoms with E-state index in [4.69, 9.17) is 13.9 Å². The fourth-order valence-corrected chi connectivity index (χ4v) is 4.19. The van der Waals surface area contributed by atoms with Crippen LogP contribution >= 0.6 is 0 Å². The standard InChI is InChI=1S/C24H30O8/c1-11(25)14(26)7-6-12-10-30-19-13-8-9-23(2,3)31-20(13)16-18(28)22(29)24(4,5)32-21(16)15(19)17(12)27/h8-11,14,18,22,25-26,28-29H,6-7H2,1-5H3. The molecule has 8 heteroatoms. The van der Waals surface area contributed by atoms with Crippen LogP contribution in [0.3, 0.4) is 0 Å². The van der Waals surface area contributed by atoms with Crippen LogP contribution in [0.1, 0.15) is 63.8 Å². The van der Waals surface area contributed by atoms with E-state index in [0.717, 1.165) is 0 Å². The summed E-state index contributed by atoms with van der Waals surface area (Å²) in [5, 5.41) is 41.3. The summed E-state index contributed by atoms with van der Waals surface area (Å²) in [6.45, 7) is 8.44. The normalized spacial score (nSPS) is 24.8. The average Bonchev–Trinajstić information content (AvgIpc) is 2.69. The van der Waals surface area contributed by atoms with Gasteiger partial charge < -0.3 is 34.3 Å². The van der Waals surface area contributed by atoms with Gasteiger partial charge in [0, 0.05) is 5.56 Å². The van der Waals surface area contributed by atoms with Crippen molar-refractivity contribution in [2.45, 2.75) is 83.1 Å². The van der Waals surface area contributed by atoms with Crippen molar-refractivity contribution in [3.05, 3.63) is 39.3 Å². The Bertz CT molecular complexity index is 1140. The first-order chi connectivity index (χ1) is 14.8. The molecule has 1 aromatic carbocycles. The van der Waals surface area contributed by atoms with E-state index in [2.05, 4.69) is 0 Å². The van der Waals surface area contributed by atoms with Gasteiger partial charge in [0.15, 0.2) is 11.0 Å². The fraction of sp³-hybridized carbons (Fsp3) is 0.542. The van der Waals surface area contributed by atoms with Crippen LogP contribution in [0.25, 0.3) is 17.0 Å². The van der Waals surface area contributed by atoms with Crippen LogP contribution in [0, 0.1) is 0 Å². The molecule has 0 saturated heterocycles. The first-order valence-electron chi connectivity index (χ1n) is 10.8. The van der Waals surface area contributed by atoms with Crippen molar-refractivity contribution < 1.29 is 34.3 Å². The first-order valence-corrected chi connectivity index (χ1v) is 10.8. The Kier molecular flexibility index (Phi) is 5.40. The molecule has 174 valence electrons. The van der Waals surface area contributed by atoms with Crippen LogP contribution in [0.4, 0.5) is 0 Å². The van der Waals surface area contributed by atoms with E-state index in [1.807, 2.05) is 19.9 Å². The molecule has 8 nitrogen and oxygen atoms in total. The molecule has 4 unspecified atom stereocenters. The zero-order chi connectivity index (χ0) is 23.6. The van der Waals surface area contributed by atoms with Crippen LogP contribution in [-0.4, -0.2) is 49.9 Å². The van der Waals surface area contributed by atoms with Crippen LogP contribution in [0.5, 0.6) is 11.5 Å². The van der Waals surface area contributed by atoms with E-state index >= 15 is 0 Å². The van der Waals surface area contributed by atoms with E-state index in [-0.39, 0.29) is 40.6 Å². The van der Waals surface area contributed by atoms with Crippen LogP contribution in [0.15, 0.2) is 21.6 Å². The van der Waals surface area contributed by atoms with E-state index < -0.39 is 35.6 Å². The molecule has 0 amide bonds. The minimum Gasteiger partial charge on any atom is -0.484 e. The molecule has 0 aliphatic carbocycles. The fourth-order valence-electron chi connectivity index (χ4n) is 4.19. The Morgan fingerprint density at radius 1 is 1.09 bits per heavy atom. The van der Waals surface area contributed by atoms with Crippen molar-refractivity contribution in [2.75, 3.05) is 0 Å². The monoisotopic (exact) mass is 446 g/mol. The lowest BCUT2D eigenvalue weighted by Gasteiger charge is -2.42. The maximum absolute atomic E-state index is 13.5. The van der Waals surface area contributed by atoms with Gasteiger partial charge in [0.1, 0.15) is 40.3 Å². The van der Waals surface area contributed by atoms with E-state index in [1.165, 1.54) is 13.2 Å². The van der Waals surface area contributed by atoms with Gasteiger partial charge >= 0.3 is 0 Å². The SMILES string of the molecule is CC(O)C(O)CCc1coc2c3c(c4c(c2c1=O)OC(C)(C)C(O)C4O)OC(C)(C)C=C3. The predicted octanol–water partition coefficient (Wildman–Crippen LogP) is 2.22. The summed E-state index contributed by atoms with van der Waals surface area (Å²) >= 11 is 0. The Morgan fingerprint density at radius 2 is 1.78 bits per heavy atom. The molecule has 4 N–H and O–H groups in total. The summed E-state index contributed by atoms with van der Waals surface area (Å²) in [4.78, 5) is 13.5. The second kappa shape index (κ2) is 7.59. The van der Waals surface area contributed by atoms with Crippen LogP contribution in [0.2, 0.25) is 0 Å². The van der Waals surface area contributed by atoms with Gasteiger partial charge in [-0.3, -0.25) is 4.79 Å². The topological polar surface area (TPSA) is 130 Å². The highest BCUT2D eigenvalue weighted by atomic mass is 16.5. The second-order valence-electron chi connectivity index (χ2n) is 9.76. The van der Waals surface area contributed by atoms with Gasteiger partial charge in [-0.05, 0) is 59.6 Å². The predicted molar refractivity (Wildman–Crippen MR) is 118 cm³/mol. The van der Waals surface area contributed by atoms with Gasteiger partial charge in [0.2, 0.25) is 0 Å². The Balaban J connectivity index is 1.98. The largest absolute Gasteiger partial charge is 0.484 e. The number of rotatable bonds is 4. The molecule has 4 rings (SSSR count). The van der Waals surface area contributed by atoms with Gasteiger partial charge in [0.05, 0.1) is 29.6 Å². The minimum absolute atomic E-state index is 0.124. The summed E-state index contributed by atoms with van der Waals surface area (Å²) in [7, 11) is 0. The molecule has 4 atom stereocenters. The van der Waals surface area contributed by atoms with E-state index in [0.29, 0.717) is 16.9 Å². The molecule has 0 spiro atoms. The van der Waals surface area contributed by atoms with Gasteiger partial charge in [-0.1, -0.05) is 0 Å². The lowest BCUT2D eigenvalue weighted by molar-refractivity contribution is -0.112. The zero-order valence-electron chi connectivity index (χ0n) is 18.9. The third kappa shape index (κ3) is 3.61. The van der Waals surface area contributed by atoms with Crippen molar-refractivity contribution in [2.24, 2.45) is 0 Å². The minimum atomic E-state index is -1.34. The number of ether oxygens (including phenoxy) is 2. The number of benzene rings is 1. The molecule has 0 radical (unpaired) electrons. The molecule has 2 aliphatic heterocycles. The van der Waals surface area contributed by atoms with Crippen molar-refractivity contribution in [1.29, 1.82) is 0 Å². The maximum atomic E-state index is 13.5. The molecule has 2 aromatic rings. The first kappa shape index (κ1) is 22.8. The summed E-state index contributed by atoms with van der Waals surface area (Å²) < 4.78 is 18.1. The highest BCUT2D eigenvalue weighted by Gasteiger charge is 2.47. The number of fused-ring (bicyclic) bond motifs is 6. The quantitative estimate of drug-likeness (QED) is 0.563. The zero-order valence-corrected chi connectivity index (χ0v) is 18.9. The molecule has 32 heavy (non-hydrogen) atoms. The number of hydrogen-bond donors (Lipinski definition) is 4. The van der Waals surface area contributed by atoms with Crippen molar-refractivity contribution >= 4 is 17.0 Å². The number of aryl methyl sites for hydroxylation is 1. The van der Waals surface area contributed by atoms with Crippen molar-refractivity contribution in [1.82, 2.24) is 0 Å². The third-order valence-electron chi connectivity index (χ3n) is 6.23. The number of hydrogen-bond acceptors (Lipinski definition) is 8. The molecule has 1 aromatic heterocycles. The van der Waals surface area contributed by atoms with Crippen molar-refractivity contribution in [3.63, 3.8) is 0 Å². The van der Waals surface area contributed by atoms with Gasteiger partial charge in [0.25, 0.3) is 0 Å². The van der Waals surface area contributed by atoms with Crippen molar-refractivity contribution in [3.8, 4) is 11.5 Å². The summed E-state index contributed by atoms with van der Waals surface area (Å²) in [5.41, 5.74) is -0.939. The number of aliphatic hydroxyl groups is 4. The van der Waals surface area contributed by atoms with Crippen LogP contribution in [-0.2, 0) is 6.42 Å². The lowest BCUT2D eigenvalue weighted by Crippen LogP contribution is -2.49. The highest BCUT2D eigenvalue weighted by Crippen LogP contribution is 2.52. The molecule has 0 saturated carbocycles. The third-order valence-corrected chi connectivity index (χ3v) is 6.23. The van der Waals surface area contributed by atoms with E-state index in [9.17, 15) is 25.2 Å². The smallest absolute Gasteiger partial charge is 0.199 e. The Labute approximate surface area is 185 Å². The number of aliphatic hydroxyl groups excluding tert-OH is 4. The Hall–Kier alpha value is -2.39.